The Morgan fingerprint density at radius 3 is 2.65 bits per heavy atom. The van der Waals surface area contributed by atoms with Crippen molar-refractivity contribution in [1.82, 2.24) is 9.88 Å². The number of para-hydroxylation sites is 1. The number of furan rings is 1. The van der Waals surface area contributed by atoms with E-state index in [9.17, 15) is 14.9 Å². The van der Waals surface area contributed by atoms with Gasteiger partial charge in [0.2, 0.25) is 5.13 Å². The Morgan fingerprint density at radius 1 is 1.09 bits per heavy atom. The molecule has 5 rings (SSSR count). The number of likely N-dealkylation sites (N-methyl/N-ethyl adjacent to an activating group) is 1. The smallest absolute Gasteiger partial charge is 0.280 e. The summed E-state index contributed by atoms with van der Waals surface area (Å²) in [5.74, 6) is 0.555. The molecule has 1 fully saturated rings. The molecule has 34 heavy (non-hydrogen) atoms. The van der Waals surface area contributed by atoms with Gasteiger partial charge in [-0.05, 0) is 30.0 Å². The second kappa shape index (κ2) is 9.08. The first-order valence-corrected chi connectivity index (χ1v) is 11.8. The van der Waals surface area contributed by atoms with Gasteiger partial charge in [-0.25, -0.2) is 4.98 Å². The summed E-state index contributed by atoms with van der Waals surface area (Å²) in [4.78, 5) is 34.6. The number of amides is 1. The van der Waals surface area contributed by atoms with E-state index in [1.165, 1.54) is 34.1 Å². The van der Waals surface area contributed by atoms with Crippen molar-refractivity contribution in [2.75, 3.05) is 7.05 Å². The summed E-state index contributed by atoms with van der Waals surface area (Å²) in [5, 5.41) is 14.3. The lowest BCUT2D eigenvalue weighted by Crippen LogP contribution is -2.23. The largest absolute Gasteiger partial charge is 0.456 e. The van der Waals surface area contributed by atoms with Gasteiger partial charge in [0, 0.05) is 30.1 Å². The number of aromatic nitrogens is 1. The lowest BCUT2D eigenvalue weighted by atomic mass is 10.1. The fraction of sp³-hybridized carbons (Fsp3) is 0.0417. The number of hydrogen-bond acceptors (Lipinski definition) is 8. The van der Waals surface area contributed by atoms with Crippen molar-refractivity contribution in [3.05, 3.63) is 92.9 Å². The van der Waals surface area contributed by atoms with Gasteiger partial charge in [-0.1, -0.05) is 42.5 Å². The minimum atomic E-state index is -0.453. The number of nitro benzene ring substituents is 1. The van der Waals surface area contributed by atoms with Gasteiger partial charge in [-0.3, -0.25) is 19.8 Å². The predicted octanol–water partition coefficient (Wildman–Crippen LogP) is 6.21. The van der Waals surface area contributed by atoms with Crippen molar-refractivity contribution in [3.8, 4) is 22.6 Å². The fourth-order valence-corrected chi connectivity index (χ4v) is 5.04. The highest BCUT2D eigenvalue weighted by Crippen LogP contribution is 2.36. The van der Waals surface area contributed by atoms with Crippen LogP contribution >= 0.6 is 23.1 Å². The number of thiazole rings is 1. The van der Waals surface area contributed by atoms with Gasteiger partial charge in [0.15, 0.2) is 5.17 Å². The highest BCUT2D eigenvalue weighted by Gasteiger charge is 2.31. The molecule has 1 amide bonds. The van der Waals surface area contributed by atoms with Crippen molar-refractivity contribution >= 4 is 51.1 Å². The van der Waals surface area contributed by atoms with Crippen LogP contribution in [0.5, 0.6) is 0 Å². The Morgan fingerprint density at radius 2 is 1.85 bits per heavy atom. The molecular formula is C24H16N4O4S2. The first-order chi connectivity index (χ1) is 16.5. The highest BCUT2D eigenvalue weighted by molar-refractivity contribution is 8.18. The Hall–Kier alpha value is -4.02. The molecule has 8 nitrogen and oxygen atoms in total. The maximum absolute atomic E-state index is 12.8. The molecule has 0 spiro atoms. The molecular weight excluding hydrogens is 472 g/mol. The zero-order valence-electron chi connectivity index (χ0n) is 17.7. The van der Waals surface area contributed by atoms with E-state index in [1.54, 1.807) is 43.5 Å². The lowest BCUT2D eigenvalue weighted by molar-refractivity contribution is -0.384. The third-order valence-electron chi connectivity index (χ3n) is 5.02. The number of benzene rings is 2. The lowest BCUT2D eigenvalue weighted by Gasteiger charge is -2.05. The van der Waals surface area contributed by atoms with Crippen LogP contribution in [0.2, 0.25) is 0 Å². The van der Waals surface area contributed by atoms with Crippen LogP contribution < -0.4 is 0 Å². The number of carbonyl (C=O) groups excluding carboxylic acids is 1. The first-order valence-electron chi connectivity index (χ1n) is 10.1. The van der Waals surface area contributed by atoms with Crippen LogP contribution in [0.25, 0.3) is 28.7 Å². The molecule has 1 saturated heterocycles. The van der Waals surface area contributed by atoms with Crippen molar-refractivity contribution < 1.29 is 14.1 Å². The fourth-order valence-electron chi connectivity index (χ4n) is 3.34. The number of aliphatic imine (C=N–C) groups is 1. The third-order valence-corrected chi connectivity index (χ3v) is 6.82. The van der Waals surface area contributed by atoms with Gasteiger partial charge < -0.3 is 4.42 Å². The average Bonchev–Trinajstić information content (AvgIpc) is 3.57. The van der Waals surface area contributed by atoms with Crippen molar-refractivity contribution in [2.45, 2.75) is 0 Å². The summed E-state index contributed by atoms with van der Waals surface area (Å²) in [7, 11) is 1.65. The van der Waals surface area contributed by atoms with E-state index in [0.717, 1.165) is 11.3 Å². The number of amidine groups is 1. The number of nitrogens with zero attached hydrogens (tertiary/aromatic N) is 4. The van der Waals surface area contributed by atoms with E-state index in [-0.39, 0.29) is 11.6 Å². The van der Waals surface area contributed by atoms with Gasteiger partial charge in [0.1, 0.15) is 11.5 Å². The zero-order valence-corrected chi connectivity index (χ0v) is 19.4. The van der Waals surface area contributed by atoms with Crippen molar-refractivity contribution in [2.24, 2.45) is 4.99 Å². The SMILES string of the molecule is CN1C(=O)/C(=C\c2ccc(-c3ccccc3[N+](=O)[O-])o2)S/C1=N/c1nc(-c2ccccc2)cs1. The molecule has 168 valence electrons. The van der Waals surface area contributed by atoms with Gasteiger partial charge in [0.25, 0.3) is 11.6 Å². The standard InChI is InChI=1S/C24H16N4O4S2/c1-27-22(29)21(13-16-11-12-20(32-16)17-9-5-6-10-19(17)28(30)31)34-24(27)26-23-25-18(14-33-23)15-7-3-2-4-8-15/h2-14H,1H3/b21-13+,26-24+. The second-order valence-corrected chi connectivity index (χ2v) is 9.07. The summed E-state index contributed by atoms with van der Waals surface area (Å²) in [6.45, 7) is 0. The summed E-state index contributed by atoms with van der Waals surface area (Å²) < 4.78 is 5.80. The van der Waals surface area contributed by atoms with E-state index in [2.05, 4.69) is 9.98 Å². The molecule has 0 aliphatic carbocycles. The van der Waals surface area contributed by atoms with E-state index >= 15 is 0 Å². The van der Waals surface area contributed by atoms with Crippen LogP contribution in [0, 0.1) is 10.1 Å². The second-order valence-electron chi connectivity index (χ2n) is 7.23. The summed E-state index contributed by atoms with van der Waals surface area (Å²) in [5.41, 5.74) is 2.16. The quantitative estimate of drug-likeness (QED) is 0.188. The molecule has 2 aromatic carbocycles. The van der Waals surface area contributed by atoms with E-state index in [4.69, 9.17) is 4.42 Å². The van der Waals surface area contributed by atoms with Crippen LogP contribution in [0.1, 0.15) is 5.76 Å². The van der Waals surface area contributed by atoms with Crippen LogP contribution in [0.4, 0.5) is 10.8 Å². The summed E-state index contributed by atoms with van der Waals surface area (Å²) in [6, 6.07) is 19.5. The highest BCUT2D eigenvalue weighted by atomic mass is 32.2. The monoisotopic (exact) mass is 488 g/mol. The Labute approximate surface area is 202 Å². The Bertz CT molecular complexity index is 1460. The number of rotatable bonds is 5. The van der Waals surface area contributed by atoms with Crippen LogP contribution in [-0.4, -0.2) is 32.9 Å². The summed E-state index contributed by atoms with van der Waals surface area (Å²) in [6.07, 6.45) is 1.61. The number of carbonyl (C=O) groups is 1. The maximum atomic E-state index is 12.8. The molecule has 4 aromatic rings. The molecule has 1 aliphatic heterocycles. The normalized spacial score (nSPS) is 16.0. The maximum Gasteiger partial charge on any atom is 0.280 e. The number of nitro groups is 1. The molecule has 0 radical (unpaired) electrons. The van der Waals surface area contributed by atoms with Crippen LogP contribution in [0.15, 0.2) is 86.4 Å². The third kappa shape index (κ3) is 4.28. The first kappa shape index (κ1) is 21.8. The molecule has 0 saturated carbocycles. The topological polar surface area (TPSA) is 102 Å². The van der Waals surface area contributed by atoms with Gasteiger partial charge in [0.05, 0.1) is 21.1 Å². The number of thioether (sulfide) groups is 1. The molecule has 1 aliphatic rings. The Balaban J connectivity index is 1.39. The predicted molar refractivity (Wildman–Crippen MR) is 134 cm³/mol. The van der Waals surface area contributed by atoms with E-state index in [1.807, 2.05) is 35.7 Å². The minimum Gasteiger partial charge on any atom is -0.456 e. The molecule has 10 heteroatoms. The van der Waals surface area contributed by atoms with E-state index in [0.29, 0.717) is 32.3 Å². The minimum absolute atomic E-state index is 0.0464. The number of hydrogen-bond donors (Lipinski definition) is 0. The van der Waals surface area contributed by atoms with Crippen molar-refractivity contribution in [3.63, 3.8) is 0 Å². The molecule has 3 heterocycles. The summed E-state index contributed by atoms with van der Waals surface area (Å²) >= 11 is 2.62. The zero-order chi connectivity index (χ0) is 23.7. The van der Waals surface area contributed by atoms with E-state index < -0.39 is 4.92 Å². The van der Waals surface area contributed by atoms with Gasteiger partial charge >= 0.3 is 0 Å². The molecule has 0 unspecified atom stereocenters. The van der Waals surface area contributed by atoms with Crippen LogP contribution in [0.3, 0.4) is 0 Å². The van der Waals surface area contributed by atoms with Gasteiger partial charge in [-0.15, -0.1) is 11.3 Å². The molecule has 0 atom stereocenters. The molecule has 0 N–H and O–H groups in total. The van der Waals surface area contributed by atoms with Gasteiger partial charge in [-0.2, -0.15) is 4.99 Å². The molecule has 0 bridgehead atoms. The average molecular weight is 489 g/mol. The molecule has 2 aromatic heterocycles. The Kier molecular flexibility index (Phi) is 5.83. The van der Waals surface area contributed by atoms with Crippen molar-refractivity contribution in [1.29, 1.82) is 0 Å². The van der Waals surface area contributed by atoms with Crippen LogP contribution in [-0.2, 0) is 4.79 Å².